The van der Waals surface area contributed by atoms with Crippen LogP contribution in [0.1, 0.15) is 18.1 Å². The molecule has 2 aromatic carbocycles. The van der Waals surface area contributed by atoms with Crippen LogP contribution in [0.4, 0.5) is 4.39 Å². The highest BCUT2D eigenvalue weighted by Crippen LogP contribution is 2.22. The quantitative estimate of drug-likeness (QED) is 0.583. The van der Waals surface area contributed by atoms with Crippen LogP contribution < -0.4 is 4.80 Å². The highest BCUT2D eigenvalue weighted by molar-refractivity contribution is 7.90. The summed E-state index contributed by atoms with van der Waals surface area (Å²) in [4.78, 5) is 0.337. The second-order valence-corrected chi connectivity index (χ2v) is 8.77. The molecule has 0 radical (unpaired) electrons. The molecule has 0 aliphatic heterocycles. The number of hydrogen-bond donors (Lipinski definition) is 0. The predicted molar refractivity (Wildman–Crippen MR) is 105 cm³/mol. The van der Waals surface area contributed by atoms with Gasteiger partial charge in [-0.1, -0.05) is 11.3 Å². The number of ether oxygens (including phenoxy) is 1. The van der Waals surface area contributed by atoms with E-state index in [0.29, 0.717) is 24.6 Å². The molecule has 1 aromatic heterocycles. The number of thiazole rings is 1. The van der Waals surface area contributed by atoms with Crippen LogP contribution in [-0.4, -0.2) is 26.2 Å². The van der Waals surface area contributed by atoms with Crippen molar-refractivity contribution in [2.45, 2.75) is 32.2 Å². The van der Waals surface area contributed by atoms with Crippen LogP contribution in [-0.2, 0) is 21.3 Å². The highest BCUT2D eigenvalue weighted by atomic mass is 32.2. The smallest absolute Gasteiger partial charge is 0.285 e. The van der Waals surface area contributed by atoms with Crippen LogP contribution in [0.25, 0.3) is 10.2 Å². The third-order valence-electron chi connectivity index (χ3n) is 4.27. The minimum atomic E-state index is -3.94. The molecule has 3 rings (SSSR count). The van der Waals surface area contributed by atoms with Crippen molar-refractivity contribution < 1.29 is 17.5 Å². The van der Waals surface area contributed by atoms with E-state index in [2.05, 4.69) is 4.40 Å². The Bertz CT molecular complexity index is 1130. The van der Waals surface area contributed by atoms with Gasteiger partial charge in [-0.05, 0) is 68.3 Å². The molecule has 0 saturated heterocycles. The van der Waals surface area contributed by atoms with Gasteiger partial charge in [0.15, 0.2) is 0 Å². The fourth-order valence-electron chi connectivity index (χ4n) is 2.67. The molecule has 0 saturated carbocycles. The van der Waals surface area contributed by atoms with Gasteiger partial charge in [0.25, 0.3) is 10.0 Å². The molecule has 0 unspecified atom stereocenters. The first kappa shape index (κ1) is 19.7. The van der Waals surface area contributed by atoms with Crippen molar-refractivity contribution in [1.29, 1.82) is 0 Å². The first-order chi connectivity index (χ1) is 12.8. The summed E-state index contributed by atoms with van der Waals surface area (Å²) in [6.45, 7) is 7.49. The van der Waals surface area contributed by atoms with Crippen LogP contribution in [0.15, 0.2) is 45.7 Å². The number of aryl methyl sites for hydroxylation is 2. The average molecular weight is 409 g/mol. The van der Waals surface area contributed by atoms with Gasteiger partial charge < -0.3 is 9.30 Å². The second-order valence-electron chi connectivity index (χ2n) is 6.16. The van der Waals surface area contributed by atoms with Gasteiger partial charge in [-0.15, -0.1) is 4.40 Å². The molecule has 144 valence electrons. The van der Waals surface area contributed by atoms with E-state index in [4.69, 9.17) is 4.74 Å². The summed E-state index contributed by atoms with van der Waals surface area (Å²) in [6.07, 6.45) is 0. The molecule has 0 atom stereocenters. The van der Waals surface area contributed by atoms with Crippen molar-refractivity contribution in [3.8, 4) is 0 Å². The Morgan fingerprint density at radius 2 is 1.81 bits per heavy atom. The van der Waals surface area contributed by atoms with Crippen LogP contribution in [0.2, 0.25) is 0 Å². The van der Waals surface area contributed by atoms with Crippen molar-refractivity contribution in [3.63, 3.8) is 0 Å². The molecule has 0 spiro atoms. The Hall–Kier alpha value is -2.03. The normalized spacial score (nSPS) is 12.8. The van der Waals surface area contributed by atoms with Gasteiger partial charge in [-0.2, -0.15) is 8.42 Å². The number of sulfonamides is 1. The second kappa shape index (κ2) is 7.92. The van der Waals surface area contributed by atoms with Crippen LogP contribution >= 0.6 is 11.3 Å². The van der Waals surface area contributed by atoms with Crippen molar-refractivity contribution in [3.05, 3.63) is 58.1 Å². The van der Waals surface area contributed by atoms with E-state index in [-0.39, 0.29) is 4.90 Å². The standard InChI is InChI=1S/C19H21FN2O3S2/c1-4-25-10-9-22-17-11-13(2)14(3)12-18(17)26-19(22)21-27(23,24)16-7-5-15(20)6-8-16/h5-8,11-12H,4,9-10H2,1-3H3/b21-19-. The van der Waals surface area contributed by atoms with Crippen LogP contribution in [0, 0.1) is 19.7 Å². The fraction of sp³-hybridized carbons (Fsp3) is 0.316. The van der Waals surface area contributed by atoms with E-state index in [0.717, 1.165) is 33.5 Å². The van der Waals surface area contributed by atoms with E-state index < -0.39 is 15.8 Å². The number of benzene rings is 2. The summed E-state index contributed by atoms with van der Waals surface area (Å²) in [7, 11) is -3.94. The van der Waals surface area contributed by atoms with Gasteiger partial charge in [0.1, 0.15) is 5.82 Å². The predicted octanol–water partition coefficient (Wildman–Crippen LogP) is 3.78. The maximum atomic E-state index is 13.1. The van der Waals surface area contributed by atoms with E-state index in [9.17, 15) is 12.8 Å². The summed E-state index contributed by atoms with van der Waals surface area (Å²) in [5, 5.41) is 0. The van der Waals surface area contributed by atoms with Gasteiger partial charge in [0, 0.05) is 13.2 Å². The molecule has 0 bridgehead atoms. The maximum Gasteiger partial charge on any atom is 0.285 e. The SMILES string of the molecule is CCOCCn1/c(=N/S(=O)(=O)c2ccc(F)cc2)sc2cc(C)c(C)cc21. The largest absolute Gasteiger partial charge is 0.380 e. The highest BCUT2D eigenvalue weighted by Gasteiger charge is 2.15. The Balaban J connectivity index is 2.17. The minimum absolute atomic E-state index is 0.0370. The van der Waals surface area contributed by atoms with Gasteiger partial charge >= 0.3 is 0 Å². The average Bonchev–Trinajstić information content (AvgIpc) is 2.92. The van der Waals surface area contributed by atoms with Crippen molar-refractivity contribution >= 4 is 31.6 Å². The lowest BCUT2D eigenvalue weighted by Gasteiger charge is -2.07. The zero-order valence-corrected chi connectivity index (χ0v) is 17.0. The van der Waals surface area contributed by atoms with Crippen LogP contribution in [0.5, 0.6) is 0 Å². The van der Waals surface area contributed by atoms with E-state index >= 15 is 0 Å². The molecule has 3 aromatic rings. The number of halogens is 1. The zero-order chi connectivity index (χ0) is 19.6. The van der Waals surface area contributed by atoms with Crippen LogP contribution in [0.3, 0.4) is 0 Å². The maximum absolute atomic E-state index is 13.1. The molecule has 0 N–H and O–H groups in total. The fourth-order valence-corrected chi connectivity index (χ4v) is 5.01. The molecule has 8 heteroatoms. The van der Waals surface area contributed by atoms with Crippen molar-refractivity contribution in [2.75, 3.05) is 13.2 Å². The molecule has 0 amide bonds. The number of nitrogens with zero attached hydrogens (tertiary/aromatic N) is 2. The first-order valence-electron chi connectivity index (χ1n) is 8.56. The topological polar surface area (TPSA) is 60.7 Å². The summed E-state index contributed by atoms with van der Waals surface area (Å²) in [5.74, 6) is -0.492. The lowest BCUT2D eigenvalue weighted by molar-refractivity contribution is 0.139. The van der Waals surface area contributed by atoms with E-state index in [1.807, 2.05) is 37.5 Å². The molecule has 1 heterocycles. The van der Waals surface area contributed by atoms with E-state index in [1.54, 1.807) is 0 Å². The number of hydrogen-bond acceptors (Lipinski definition) is 4. The molecule has 0 aliphatic rings. The molecule has 0 fully saturated rings. The lowest BCUT2D eigenvalue weighted by atomic mass is 10.1. The number of fused-ring (bicyclic) bond motifs is 1. The summed E-state index contributed by atoms with van der Waals surface area (Å²) >= 11 is 1.32. The monoisotopic (exact) mass is 408 g/mol. The molecular formula is C19H21FN2O3S2. The van der Waals surface area contributed by atoms with Crippen molar-refractivity contribution in [2.24, 2.45) is 4.40 Å². The van der Waals surface area contributed by atoms with E-state index in [1.165, 1.54) is 23.5 Å². The van der Waals surface area contributed by atoms with Gasteiger partial charge in [-0.3, -0.25) is 0 Å². The molecule has 5 nitrogen and oxygen atoms in total. The minimum Gasteiger partial charge on any atom is -0.380 e. The summed E-state index contributed by atoms with van der Waals surface area (Å²) in [5.41, 5.74) is 3.18. The molecule has 27 heavy (non-hydrogen) atoms. The van der Waals surface area contributed by atoms with Crippen molar-refractivity contribution in [1.82, 2.24) is 4.57 Å². The Labute approximate surface area is 161 Å². The van der Waals surface area contributed by atoms with Gasteiger partial charge in [-0.25, -0.2) is 4.39 Å². The number of aromatic nitrogens is 1. The van der Waals surface area contributed by atoms with Gasteiger partial charge in [0.2, 0.25) is 4.80 Å². The Morgan fingerprint density at radius 1 is 1.15 bits per heavy atom. The number of rotatable bonds is 6. The first-order valence-corrected chi connectivity index (χ1v) is 10.8. The summed E-state index contributed by atoms with van der Waals surface area (Å²) < 4.78 is 50.8. The molecular weight excluding hydrogens is 387 g/mol. The Morgan fingerprint density at radius 3 is 2.48 bits per heavy atom. The summed E-state index contributed by atoms with van der Waals surface area (Å²) in [6, 6.07) is 8.75. The lowest BCUT2D eigenvalue weighted by Crippen LogP contribution is -2.20. The zero-order valence-electron chi connectivity index (χ0n) is 15.4. The van der Waals surface area contributed by atoms with Gasteiger partial charge in [0.05, 0.1) is 21.7 Å². The molecule has 0 aliphatic carbocycles. The third-order valence-corrected chi connectivity index (χ3v) is 6.71. The Kier molecular flexibility index (Phi) is 5.78. The third kappa shape index (κ3) is 4.28.